The molecule has 0 aliphatic rings. The van der Waals surface area contributed by atoms with Crippen LogP contribution in [-0.4, -0.2) is 28.3 Å². The average molecular weight is 489 g/mol. The van der Waals surface area contributed by atoms with E-state index in [4.69, 9.17) is 27.9 Å². The van der Waals surface area contributed by atoms with Gasteiger partial charge in [0, 0.05) is 38.6 Å². The van der Waals surface area contributed by atoms with E-state index in [0.717, 1.165) is 22.5 Å². The van der Waals surface area contributed by atoms with Crippen LogP contribution in [0, 0.1) is 24.0 Å². The number of esters is 1. The van der Waals surface area contributed by atoms with E-state index >= 15 is 0 Å². The first-order chi connectivity index (χ1) is 15.7. The predicted molar refractivity (Wildman–Crippen MR) is 129 cm³/mol. The Hall–Kier alpha value is -3.36. The summed E-state index contributed by atoms with van der Waals surface area (Å²) in [6.07, 6.45) is 1.66. The molecule has 0 spiro atoms. The molecular formula is C23H22Cl2N4O4. The highest BCUT2D eigenvalue weighted by atomic mass is 35.5. The second-order valence-electron chi connectivity index (χ2n) is 7.13. The summed E-state index contributed by atoms with van der Waals surface area (Å²) in [5, 5.41) is 16.9. The van der Waals surface area contributed by atoms with E-state index in [0.29, 0.717) is 22.3 Å². The van der Waals surface area contributed by atoms with Crippen molar-refractivity contribution in [1.82, 2.24) is 9.99 Å². The van der Waals surface area contributed by atoms with Crippen LogP contribution >= 0.6 is 23.2 Å². The molecule has 2 aromatic carbocycles. The fraction of sp³-hybridized carbons (Fsp3) is 0.217. The Bertz CT molecular complexity index is 1220. The topological polar surface area (TPSA) is 98.8 Å². The van der Waals surface area contributed by atoms with Gasteiger partial charge in [0.25, 0.3) is 5.69 Å². The number of hydrazone groups is 1. The molecule has 3 aromatic rings. The minimum atomic E-state index is -0.728. The number of aryl methyl sites for hydroxylation is 1. The first-order valence-corrected chi connectivity index (χ1v) is 10.8. The van der Waals surface area contributed by atoms with Gasteiger partial charge in [0.1, 0.15) is 5.56 Å². The zero-order valence-electron chi connectivity index (χ0n) is 18.3. The van der Waals surface area contributed by atoms with Crippen molar-refractivity contribution in [2.75, 3.05) is 6.61 Å². The van der Waals surface area contributed by atoms with Gasteiger partial charge in [-0.05, 0) is 51.1 Å². The number of hydrogen-bond acceptors (Lipinski definition) is 6. The minimum absolute atomic E-state index is 0.0859. The number of nitro benzene ring substituents is 1. The van der Waals surface area contributed by atoms with E-state index in [1.807, 2.05) is 24.5 Å². The molecule has 0 radical (unpaired) electrons. The van der Waals surface area contributed by atoms with Crippen LogP contribution in [0.15, 0.2) is 47.6 Å². The summed E-state index contributed by atoms with van der Waals surface area (Å²) in [5.74, 6) is -0.728. The molecule has 33 heavy (non-hydrogen) atoms. The van der Waals surface area contributed by atoms with Crippen LogP contribution in [0.4, 0.5) is 5.69 Å². The fourth-order valence-corrected chi connectivity index (χ4v) is 3.98. The molecule has 0 saturated carbocycles. The van der Waals surface area contributed by atoms with Crippen molar-refractivity contribution in [3.05, 3.63) is 90.7 Å². The molecular weight excluding hydrogens is 467 g/mol. The third-order valence-electron chi connectivity index (χ3n) is 5.01. The van der Waals surface area contributed by atoms with E-state index in [-0.39, 0.29) is 17.9 Å². The molecule has 0 aliphatic heterocycles. The lowest BCUT2D eigenvalue weighted by molar-refractivity contribution is -0.385. The summed E-state index contributed by atoms with van der Waals surface area (Å²) in [7, 11) is 0. The number of halogens is 2. The summed E-state index contributed by atoms with van der Waals surface area (Å²) >= 11 is 12.3. The largest absolute Gasteiger partial charge is 0.462 e. The first kappa shape index (κ1) is 24.3. The van der Waals surface area contributed by atoms with E-state index in [1.54, 1.807) is 37.4 Å². The lowest BCUT2D eigenvalue weighted by Gasteiger charge is -2.11. The number of aromatic nitrogens is 1. The highest BCUT2D eigenvalue weighted by Crippen LogP contribution is 2.27. The van der Waals surface area contributed by atoms with Crippen molar-refractivity contribution in [3.8, 4) is 5.69 Å². The molecule has 172 valence electrons. The van der Waals surface area contributed by atoms with Crippen LogP contribution in [0.5, 0.6) is 0 Å². The molecule has 1 aromatic heterocycles. The van der Waals surface area contributed by atoms with Gasteiger partial charge in [-0.2, -0.15) is 5.10 Å². The summed E-state index contributed by atoms with van der Waals surface area (Å²) in [6, 6.07) is 11.6. The molecule has 1 N–H and O–H groups in total. The van der Waals surface area contributed by atoms with Crippen molar-refractivity contribution in [3.63, 3.8) is 0 Å². The maximum atomic E-state index is 12.1. The number of nitro groups is 1. The van der Waals surface area contributed by atoms with Crippen LogP contribution in [0.3, 0.4) is 0 Å². The second kappa shape index (κ2) is 10.5. The minimum Gasteiger partial charge on any atom is -0.462 e. The SMILES string of the molecule is CCOC(=O)c1ccc(-n2c(C)cc(/C=N\NCc3c(Cl)cccc3Cl)c2C)cc1[N+](=O)[O-]. The number of carbonyl (C=O) groups excluding carboxylic acids is 1. The third-order valence-corrected chi connectivity index (χ3v) is 5.72. The lowest BCUT2D eigenvalue weighted by Crippen LogP contribution is -2.09. The van der Waals surface area contributed by atoms with Crippen LogP contribution in [0.25, 0.3) is 5.69 Å². The van der Waals surface area contributed by atoms with Crippen molar-refractivity contribution in [2.24, 2.45) is 5.10 Å². The smallest absolute Gasteiger partial charge is 0.345 e. The molecule has 0 amide bonds. The molecule has 3 rings (SSSR count). The van der Waals surface area contributed by atoms with Gasteiger partial charge in [0.05, 0.1) is 30.0 Å². The number of nitrogens with zero attached hydrogens (tertiary/aromatic N) is 3. The summed E-state index contributed by atoms with van der Waals surface area (Å²) in [6.45, 7) is 5.89. The Morgan fingerprint density at radius 3 is 2.55 bits per heavy atom. The Morgan fingerprint density at radius 1 is 1.21 bits per heavy atom. The van der Waals surface area contributed by atoms with Crippen molar-refractivity contribution < 1.29 is 14.5 Å². The van der Waals surface area contributed by atoms with E-state index < -0.39 is 10.9 Å². The van der Waals surface area contributed by atoms with Crippen LogP contribution < -0.4 is 5.43 Å². The number of rotatable bonds is 8. The number of nitrogens with one attached hydrogen (secondary N) is 1. The van der Waals surface area contributed by atoms with Gasteiger partial charge in [-0.1, -0.05) is 29.3 Å². The maximum absolute atomic E-state index is 12.1. The molecule has 10 heteroatoms. The van der Waals surface area contributed by atoms with E-state index in [9.17, 15) is 14.9 Å². The van der Waals surface area contributed by atoms with Gasteiger partial charge >= 0.3 is 5.97 Å². The molecule has 0 atom stereocenters. The molecule has 0 fully saturated rings. The zero-order chi connectivity index (χ0) is 24.1. The van der Waals surface area contributed by atoms with Gasteiger partial charge < -0.3 is 14.7 Å². The van der Waals surface area contributed by atoms with Crippen molar-refractivity contribution >= 4 is 41.1 Å². The number of benzene rings is 2. The molecule has 0 aliphatic carbocycles. The first-order valence-electron chi connectivity index (χ1n) is 10.1. The van der Waals surface area contributed by atoms with E-state index in [2.05, 4.69) is 10.5 Å². The molecule has 8 nitrogen and oxygen atoms in total. The third kappa shape index (κ3) is 5.35. The van der Waals surface area contributed by atoms with Gasteiger partial charge in [0.2, 0.25) is 0 Å². The molecule has 0 unspecified atom stereocenters. The highest BCUT2D eigenvalue weighted by Gasteiger charge is 2.23. The van der Waals surface area contributed by atoms with Gasteiger partial charge in [-0.15, -0.1) is 0 Å². The van der Waals surface area contributed by atoms with E-state index in [1.165, 1.54) is 12.1 Å². The summed E-state index contributed by atoms with van der Waals surface area (Å²) in [5.41, 5.74) is 6.33. The normalized spacial score (nSPS) is 11.1. The standard InChI is InChI=1S/C23H22Cl2N4O4/c1-4-33-23(30)18-9-8-17(11-22(18)29(31)32)28-14(2)10-16(15(28)3)12-26-27-13-19-20(24)6-5-7-21(19)25/h5-12,27H,4,13H2,1-3H3/b26-12-. The Morgan fingerprint density at radius 2 is 1.91 bits per heavy atom. The van der Waals surface area contributed by atoms with Crippen LogP contribution in [0.1, 0.15) is 39.8 Å². The van der Waals surface area contributed by atoms with Crippen molar-refractivity contribution in [1.29, 1.82) is 0 Å². The Kier molecular flexibility index (Phi) is 7.73. The van der Waals surface area contributed by atoms with Gasteiger partial charge in [0.15, 0.2) is 0 Å². The van der Waals surface area contributed by atoms with Crippen LogP contribution in [0.2, 0.25) is 10.0 Å². The quantitative estimate of drug-likeness (QED) is 0.192. The van der Waals surface area contributed by atoms with Crippen LogP contribution in [-0.2, 0) is 11.3 Å². The summed E-state index contributed by atoms with van der Waals surface area (Å²) < 4.78 is 6.78. The monoisotopic (exact) mass is 488 g/mol. The molecule has 0 saturated heterocycles. The molecule has 1 heterocycles. The Balaban J connectivity index is 1.86. The maximum Gasteiger partial charge on any atom is 0.345 e. The average Bonchev–Trinajstić information content (AvgIpc) is 3.05. The molecule has 0 bridgehead atoms. The van der Waals surface area contributed by atoms with Gasteiger partial charge in [-0.25, -0.2) is 4.79 Å². The predicted octanol–water partition coefficient (Wildman–Crippen LogP) is 5.61. The number of hydrogen-bond donors (Lipinski definition) is 1. The zero-order valence-corrected chi connectivity index (χ0v) is 19.8. The Labute approximate surface area is 200 Å². The lowest BCUT2D eigenvalue weighted by atomic mass is 10.1. The highest BCUT2D eigenvalue weighted by molar-refractivity contribution is 6.35. The summed E-state index contributed by atoms with van der Waals surface area (Å²) in [4.78, 5) is 23.1. The van der Waals surface area contributed by atoms with Gasteiger partial charge in [-0.3, -0.25) is 10.1 Å². The number of carbonyl (C=O) groups is 1. The second-order valence-corrected chi connectivity index (χ2v) is 7.95. The van der Waals surface area contributed by atoms with Crippen molar-refractivity contribution in [2.45, 2.75) is 27.3 Å². The fourth-order valence-electron chi connectivity index (χ4n) is 3.45. The number of ether oxygens (including phenoxy) is 1.